The zero-order valence-electron chi connectivity index (χ0n) is 18.6. The van der Waals surface area contributed by atoms with E-state index in [2.05, 4.69) is 56.5 Å². The molecule has 1 aromatic carbocycles. The first-order valence-electron chi connectivity index (χ1n) is 10.9. The van der Waals surface area contributed by atoms with E-state index in [4.69, 9.17) is 17.0 Å². The van der Waals surface area contributed by atoms with Crippen molar-refractivity contribution in [3.8, 4) is 0 Å². The van der Waals surface area contributed by atoms with Gasteiger partial charge in [-0.25, -0.2) is 4.79 Å². The van der Waals surface area contributed by atoms with Crippen molar-refractivity contribution in [1.82, 2.24) is 0 Å². The van der Waals surface area contributed by atoms with Gasteiger partial charge < -0.3 is 15.4 Å². The Morgan fingerprint density at radius 1 is 1.10 bits per heavy atom. The van der Waals surface area contributed by atoms with Crippen molar-refractivity contribution < 1.29 is 9.53 Å². The Bertz CT molecular complexity index is 905. The molecule has 30 heavy (non-hydrogen) atoms. The van der Waals surface area contributed by atoms with Crippen LogP contribution >= 0.6 is 23.6 Å². The highest BCUT2D eigenvalue weighted by molar-refractivity contribution is 7.80. The van der Waals surface area contributed by atoms with Crippen molar-refractivity contribution in [2.75, 3.05) is 17.2 Å². The SMILES string of the molecule is CCOC(=O)c1c(NC(=S)Nc2c(C(C)C)cccc2C(C)C)sc2c1CCCC2. The molecule has 0 amide bonds. The van der Waals surface area contributed by atoms with Gasteiger partial charge in [0.1, 0.15) is 5.00 Å². The third kappa shape index (κ3) is 4.86. The third-order valence-electron chi connectivity index (χ3n) is 5.49. The summed E-state index contributed by atoms with van der Waals surface area (Å²) in [5.41, 5.74) is 5.35. The van der Waals surface area contributed by atoms with Crippen molar-refractivity contribution in [1.29, 1.82) is 0 Å². The van der Waals surface area contributed by atoms with Crippen LogP contribution in [0.15, 0.2) is 18.2 Å². The summed E-state index contributed by atoms with van der Waals surface area (Å²) in [5, 5.41) is 8.08. The largest absolute Gasteiger partial charge is 0.462 e. The first-order valence-corrected chi connectivity index (χ1v) is 12.1. The number of nitrogens with one attached hydrogen (secondary N) is 2. The number of thiophene rings is 1. The Labute approximate surface area is 189 Å². The van der Waals surface area contributed by atoms with Gasteiger partial charge >= 0.3 is 5.97 Å². The fourth-order valence-corrected chi connectivity index (χ4v) is 5.57. The van der Waals surface area contributed by atoms with Crippen molar-refractivity contribution >= 4 is 45.3 Å². The normalized spacial score (nSPS) is 13.3. The third-order valence-corrected chi connectivity index (χ3v) is 6.90. The molecular weight excluding hydrogens is 412 g/mol. The summed E-state index contributed by atoms with van der Waals surface area (Å²) >= 11 is 7.33. The zero-order valence-corrected chi connectivity index (χ0v) is 20.2. The van der Waals surface area contributed by atoms with Gasteiger partial charge in [-0.3, -0.25) is 0 Å². The number of carbonyl (C=O) groups excluding carboxylic acids is 1. The fraction of sp³-hybridized carbons (Fsp3) is 0.500. The highest BCUT2D eigenvalue weighted by Gasteiger charge is 2.27. The van der Waals surface area contributed by atoms with Gasteiger partial charge in [0, 0.05) is 10.6 Å². The predicted octanol–water partition coefficient (Wildman–Crippen LogP) is 6.86. The van der Waals surface area contributed by atoms with Crippen LogP contribution in [0, 0.1) is 0 Å². The lowest BCUT2D eigenvalue weighted by Crippen LogP contribution is -2.22. The minimum absolute atomic E-state index is 0.257. The van der Waals surface area contributed by atoms with Crippen LogP contribution in [-0.4, -0.2) is 17.7 Å². The molecule has 0 saturated carbocycles. The summed E-state index contributed by atoms with van der Waals surface area (Å²) in [6, 6.07) is 6.41. The van der Waals surface area contributed by atoms with Gasteiger partial charge in [-0.2, -0.15) is 0 Å². The topological polar surface area (TPSA) is 50.4 Å². The molecule has 0 aliphatic heterocycles. The number of aryl methyl sites for hydroxylation is 1. The Balaban J connectivity index is 1.91. The van der Waals surface area contributed by atoms with Crippen LogP contribution in [0.4, 0.5) is 10.7 Å². The van der Waals surface area contributed by atoms with E-state index in [-0.39, 0.29) is 5.97 Å². The van der Waals surface area contributed by atoms with Crippen LogP contribution in [0.3, 0.4) is 0 Å². The van der Waals surface area contributed by atoms with Crippen LogP contribution in [0.1, 0.15) is 91.2 Å². The zero-order chi connectivity index (χ0) is 21.8. The first kappa shape index (κ1) is 22.8. The lowest BCUT2D eigenvalue weighted by molar-refractivity contribution is 0.0526. The van der Waals surface area contributed by atoms with Gasteiger partial charge in [-0.15, -0.1) is 11.3 Å². The molecule has 2 N–H and O–H groups in total. The van der Waals surface area contributed by atoms with E-state index >= 15 is 0 Å². The molecular formula is C24H32N2O2S2. The molecule has 0 fully saturated rings. The van der Waals surface area contributed by atoms with E-state index in [1.807, 2.05) is 6.92 Å². The number of thiocarbonyl (C=S) groups is 1. The molecule has 1 aliphatic rings. The maximum atomic E-state index is 12.7. The summed E-state index contributed by atoms with van der Waals surface area (Å²) in [6.07, 6.45) is 4.21. The first-order chi connectivity index (χ1) is 14.3. The molecule has 2 aromatic rings. The number of benzene rings is 1. The summed E-state index contributed by atoms with van der Waals surface area (Å²) in [6.45, 7) is 11.0. The molecule has 162 valence electrons. The molecule has 1 heterocycles. The van der Waals surface area contributed by atoms with Gasteiger partial charge in [-0.1, -0.05) is 45.9 Å². The predicted molar refractivity (Wildman–Crippen MR) is 131 cm³/mol. The second-order valence-corrected chi connectivity index (χ2v) is 9.85. The molecule has 0 unspecified atom stereocenters. The molecule has 1 aromatic heterocycles. The van der Waals surface area contributed by atoms with E-state index in [1.165, 1.54) is 16.0 Å². The monoisotopic (exact) mass is 444 g/mol. The van der Waals surface area contributed by atoms with Gasteiger partial charge in [-0.05, 0) is 73.4 Å². The lowest BCUT2D eigenvalue weighted by Gasteiger charge is -2.21. The average Bonchev–Trinajstić information content (AvgIpc) is 3.05. The Hall–Kier alpha value is -1.92. The highest BCUT2D eigenvalue weighted by atomic mass is 32.1. The number of ether oxygens (including phenoxy) is 1. The maximum Gasteiger partial charge on any atom is 0.341 e. The molecule has 4 nitrogen and oxygen atoms in total. The van der Waals surface area contributed by atoms with Gasteiger partial charge in [0.25, 0.3) is 0 Å². The summed E-state index contributed by atoms with van der Waals surface area (Å²) in [4.78, 5) is 14.0. The van der Waals surface area contributed by atoms with Gasteiger partial charge in [0.15, 0.2) is 5.11 Å². The molecule has 3 rings (SSSR count). The lowest BCUT2D eigenvalue weighted by atomic mass is 9.93. The van der Waals surface area contributed by atoms with E-state index in [1.54, 1.807) is 11.3 Å². The van der Waals surface area contributed by atoms with Crippen LogP contribution < -0.4 is 10.6 Å². The smallest absolute Gasteiger partial charge is 0.341 e. The van der Waals surface area contributed by atoms with E-state index < -0.39 is 0 Å². The molecule has 1 aliphatic carbocycles. The molecule has 0 spiro atoms. The fourth-order valence-electron chi connectivity index (χ4n) is 4.02. The van der Waals surface area contributed by atoms with Crippen LogP contribution in [0.25, 0.3) is 0 Å². The van der Waals surface area contributed by atoms with E-state index in [0.29, 0.717) is 29.1 Å². The average molecular weight is 445 g/mol. The van der Waals surface area contributed by atoms with Crippen molar-refractivity contribution in [3.05, 3.63) is 45.3 Å². The van der Waals surface area contributed by atoms with Crippen molar-refractivity contribution in [3.63, 3.8) is 0 Å². The molecule has 0 atom stereocenters. The molecule has 0 bridgehead atoms. The molecule has 0 saturated heterocycles. The number of hydrogen-bond donors (Lipinski definition) is 2. The maximum absolute atomic E-state index is 12.7. The minimum atomic E-state index is -0.257. The number of carbonyl (C=O) groups is 1. The second kappa shape index (κ2) is 9.92. The van der Waals surface area contributed by atoms with Gasteiger partial charge in [0.2, 0.25) is 0 Å². The van der Waals surface area contributed by atoms with Gasteiger partial charge in [0.05, 0.1) is 12.2 Å². The number of hydrogen-bond acceptors (Lipinski definition) is 4. The molecule has 0 radical (unpaired) electrons. The number of esters is 1. The summed E-state index contributed by atoms with van der Waals surface area (Å²) < 4.78 is 5.36. The van der Waals surface area contributed by atoms with Crippen molar-refractivity contribution in [2.45, 2.75) is 72.1 Å². The van der Waals surface area contributed by atoms with Crippen LogP contribution in [0.2, 0.25) is 0 Å². The van der Waals surface area contributed by atoms with Crippen LogP contribution in [0.5, 0.6) is 0 Å². The number of rotatable bonds is 6. The Morgan fingerprint density at radius 2 is 1.73 bits per heavy atom. The second-order valence-electron chi connectivity index (χ2n) is 8.34. The number of para-hydroxylation sites is 1. The minimum Gasteiger partial charge on any atom is -0.462 e. The molecule has 6 heteroatoms. The van der Waals surface area contributed by atoms with Crippen molar-refractivity contribution in [2.24, 2.45) is 0 Å². The highest BCUT2D eigenvalue weighted by Crippen LogP contribution is 2.39. The van der Waals surface area contributed by atoms with E-state index in [9.17, 15) is 4.79 Å². The standard InChI is InChI=1S/C24H32N2O2S2/c1-6-28-23(27)20-18-10-7-8-13-19(18)30-22(20)26-24(29)25-21-16(14(2)3)11-9-12-17(21)15(4)5/h9,11-12,14-15H,6-8,10,13H2,1-5H3,(H2,25,26,29). The van der Waals surface area contributed by atoms with Crippen LogP contribution in [-0.2, 0) is 17.6 Å². The quantitative estimate of drug-likeness (QED) is 0.376. The Morgan fingerprint density at radius 3 is 2.33 bits per heavy atom. The number of anilines is 2. The van der Waals surface area contributed by atoms with E-state index in [0.717, 1.165) is 41.9 Å². The summed E-state index contributed by atoms with van der Waals surface area (Å²) in [7, 11) is 0. The number of fused-ring (bicyclic) bond motifs is 1. The summed E-state index contributed by atoms with van der Waals surface area (Å²) in [5.74, 6) is 0.490. The Kier molecular flexibility index (Phi) is 7.53.